The van der Waals surface area contributed by atoms with Crippen molar-refractivity contribution in [2.45, 2.75) is 63.4 Å². The fourth-order valence-corrected chi connectivity index (χ4v) is 5.18. The maximum absolute atomic E-state index is 13.1. The minimum absolute atomic E-state index is 0.130. The minimum Gasteiger partial charge on any atom is -0.376 e. The van der Waals surface area contributed by atoms with Crippen LogP contribution in [0.3, 0.4) is 0 Å². The summed E-state index contributed by atoms with van der Waals surface area (Å²) < 4.78 is 10.2. The van der Waals surface area contributed by atoms with Crippen LogP contribution in [0.25, 0.3) is 11.4 Å². The van der Waals surface area contributed by atoms with Crippen LogP contribution in [0.1, 0.15) is 53.5 Å². The number of aryl methyl sites for hydroxylation is 1. The summed E-state index contributed by atoms with van der Waals surface area (Å²) in [5.74, 6) is 1.31. The summed E-state index contributed by atoms with van der Waals surface area (Å²) in [7, 11) is 0. The van der Waals surface area contributed by atoms with E-state index in [0.717, 1.165) is 72.3 Å². The number of hydrogen-bond donors (Lipinski definition) is 0. The standard InChI is InChI=1S/C23H27N5O2S/c1-15-11-20(16(2)27(15)13-19-6-4-10-30-19)21(29)14-31-23-26-25-22(28(23)18-7-8-18)17-5-3-9-24-12-17/h3,5,9,11-12,18-19H,4,6-8,10,13-14H2,1-2H3. The quantitative estimate of drug-likeness (QED) is 0.387. The maximum Gasteiger partial charge on any atom is 0.192 e. The third kappa shape index (κ3) is 4.19. The van der Waals surface area contributed by atoms with Crippen LogP contribution in [-0.2, 0) is 11.3 Å². The fourth-order valence-electron chi connectivity index (χ4n) is 4.29. The average Bonchev–Trinajstić information content (AvgIpc) is 3.20. The molecule has 1 saturated carbocycles. The number of hydrogen-bond acceptors (Lipinski definition) is 6. The number of carbonyl (C=O) groups excluding carboxylic acids is 1. The summed E-state index contributed by atoms with van der Waals surface area (Å²) in [4.78, 5) is 17.3. The van der Waals surface area contributed by atoms with Gasteiger partial charge in [0.1, 0.15) is 0 Å². The Balaban J connectivity index is 1.32. The van der Waals surface area contributed by atoms with Crippen molar-refractivity contribution in [3.05, 3.63) is 47.5 Å². The largest absolute Gasteiger partial charge is 0.376 e. The Labute approximate surface area is 186 Å². The zero-order valence-corrected chi connectivity index (χ0v) is 18.8. The van der Waals surface area contributed by atoms with Gasteiger partial charge >= 0.3 is 0 Å². The first-order valence-electron chi connectivity index (χ1n) is 10.9. The molecule has 0 amide bonds. The van der Waals surface area contributed by atoms with Gasteiger partial charge in [0.25, 0.3) is 0 Å². The Hall–Kier alpha value is -2.45. The lowest BCUT2D eigenvalue weighted by molar-refractivity contribution is 0.0957. The minimum atomic E-state index is 0.130. The van der Waals surface area contributed by atoms with Gasteiger partial charge in [-0.2, -0.15) is 0 Å². The highest BCUT2D eigenvalue weighted by Crippen LogP contribution is 2.41. The molecule has 8 heteroatoms. The van der Waals surface area contributed by atoms with Gasteiger partial charge in [0.2, 0.25) is 0 Å². The zero-order valence-electron chi connectivity index (χ0n) is 18.0. The van der Waals surface area contributed by atoms with E-state index in [9.17, 15) is 4.79 Å². The molecule has 0 spiro atoms. The van der Waals surface area contributed by atoms with Gasteiger partial charge < -0.3 is 9.30 Å². The number of rotatable bonds is 8. The van der Waals surface area contributed by atoms with Crippen molar-refractivity contribution < 1.29 is 9.53 Å². The monoisotopic (exact) mass is 437 g/mol. The van der Waals surface area contributed by atoms with Gasteiger partial charge in [0.05, 0.1) is 11.9 Å². The number of carbonyl (C=O) groups is 1. The second-order valence-corrected chi connectivity index (χ2v) is 9.33. The fraction of sp³-hybridized carbons (Fsp3) is 0.478. The Bertz CT molecular complexity index is 1080. The summed E-state index contributed by atoms with van der Waals surface area (Å²) in [5, 5.41) is 9.63. The molecule has 31 heavy (non-hydrogen) atoms. The molecular weight excluding hydrogens is 410 g/mol. The van der Waals surface area contributed by atoms with Crippen LogP contribution in [0.5, 0.6) is 0 Å². The molecule has 2 fully saturated rings. The van der Waals surface area contributed by atoms with Gasteiger partial charge in [-0.1, -0.05) is 11.8 Å². The molecule has 3 aromatic heterocycles. The Morgan fingerprint density at radius 2 is 2.13 bits per heavy atom. The second kappa shape index (κ2) is 8.59. The molecule has 0 bridgehead atoms. The van der Waals surface area contributed by atoms with Crippen molar-refractivity contribution in [2.24, 2.45) is 0 Å². The van der Waals surface area contributed by atoms with E-state index >= 15 is 0 Å². The van der Waals surface area contributed by atoms with E-state index in [2.05, 4.69) is 31.2 Å². The van der Waals surface area contributed by atoms with Crippen LogP contribution in [0, 0.1) is 13.8 Å². The number of nitrogens with zero attached hydrogens (tertiary/aromatic N) is 5. The summed E-state index contributed by atoms with van der Waals surface area (Å²) in [6, 6.07) is 6.33. The highest BCUT2D eigenvalue weighted by molar-refractivity contribution is 7.99. The molecule has 1 unspecified atom stereocenters. The van der Waals surface area contributed by atoms with Crippen molar-refractivity contribution in [1.29, 1.82) is 0 Å². The third-order valence-electron chi connectivity index (χ3n) is 6.11. The first kappa shape index (κ1) is 20.5. The molecule has 0 aromatic carbocycles. The first-order valence-corrected chi connectivity index (χ1v) is 11.9. The smallest absolute Gasteiger partial charge is 0.192 e. The second-order valence-electron chi connectivity index (χ2n) is 8.39. The van der Waals surface area contributed by atoms with E-state index in [0.29, 0.717) is 11.8 Å². The molecule has 0 N–H and O–H groups in total. The van der Waals surface area contributed by atoms with Gasteiger partial charge in [0, 0.05) is 54.1 Å². The molecular formula is C23H27N5O2S. The first-order chi connectivity index (χ1) is 15.1. The number of pyridine rings is 1. The Morgan fingerprint density at radius 3 is 2.84 bits per heavy atom. The predicted octanol–water partition coefficient (Wildman–Crippen LogP) is 4.25. The predicted molar refractivity (Wildman–Crippen MR) is 119 cm³/mol. The normalized spacial score (nSPS) is 18.6. The van der Waals surface area contributed by atoms with E-state index in [1.807, 2.05) is 31.3 Å². The molecule has 162 valence electrons. The van der Waals surface area contributed by atoms with Gasteiger partial charge in [-0.15, -0.1) is 10.2 Å². The third-order valence-corrected chi connectivity index (χ3v) is 7.06. The number of aromatic nitrogens is 5. The lowest BCUT2D eigenvalue weighted by atomic mass is 10.2. The highest BCUT2D eigenvalue weighted by Gasteiger charge is 2.30. The average molecular weight is 438 g/mol. The van der Waals surface area contributed by atoms with Gasteiger partial charge in [-0.3, -0.25) is 14.3 Å². The number of ketones is 1. The van der Waals surface area contributed by atoms with Crippen molar-refractivity contribution in [2.75, 3.05) is 12.4 Å². The van der Waals surface area contributed by atoms with Crippen LogP contribution in [0.15, 0.2) is 35.7 Å². The maximum atomic E-state index is 13.1. The van der Waals surface area contributed by atoms with E-state index in [1.54, 1.807) is 6.20 Å². The van der Waals surface area contributed by atoms with Crippen molar-refractivity contribution >= 4 is 17.5 Å². The summed E-state index contributed by atoms with van der Waals surface area (Å²) in [6.07, 6.45) is 8.27. The van der Waals surface area contributed by atoms with E-state index in [4.69, 9.17) is 4.74 Å². The van der Waals surface area contributed by atoms with Crippen LogP contribution in [0.4, 0.5) is 0 Å². The molecule has 0 radical (unpaired) electrons. The van der Waals surface area contributed by atoms with Crippen molar-refractivity contribution in [1.82, 2.24) is 24.3 Å². The summed E-state index contributed by atoms with van der Waals surface area (Å²) >= 11 is 1.48. The Morgan fingerprint density at radius 1 is 1.26 bits per heavy atom. The molecule has 1 atom stereocenters. The number of ether oxygens (including phenoxy) is 1. The van der Waals surface area contributed by atoms with Crippen LogP contribution >= 0.6 is 11.8 Å². The molecule has 1 aliphatic carbocycles. The topological polar surface area (TPSA) is 74.8 Å². The zero-order chi connectivity index (χ0) is 21.4. The molecule has 1 saturated heterocycles. The van der Waals surface area contributed by atoms with Gasteiger partial charge in [0.15, 0.2) is 16.8 Å². The van der Waals surface area contributed by atoms with E-state index in [1.165, 1.54) is 11.8 Å². The molecule has 4 heterocycles. The van der Waals surface area contributed by atoms with Crippen LogP contribution in [0.2, 0.25) is 0 Å². The van der Waals surface area contributed by atoms with Crippen LogP contribution in [-0.4, -0.2) is 48.6 Å². The molecule has 1 aliphatic heterocycles. The number of Topliss-reactive ketones (excluding diaryl/α,β-unsaturated/α-hetero) is 1. The van der Waals surface area contributed by atoms with E-state index < -0.39 is 0 Å². The molecule has 7 nitrogen and oxygen atoms in total. The SMILES string of the molecule is Cc1cc(C(=O)CSc2nnc(-c3cccnc3)n2C2CC2)c(C)n1CC1CCCO1. The van der Waals surface area contributed by atoms with E-state index in [-0.39, 0.29) is 11.9 Å². The number of thioether (sulfide) groups is 1. The Kier molecular flexibility index (Phi) is 5.67. The molecule has 2 aliphatic rings. The highest BCUT2D eigenvalue weighted by atomic mass is 32.2. The summed E-state index contributed by atoms with van der Waals surface area (Å²) in [5.41, 5.74) is 3.89. The van der Waals surface area contributed by atoms with Gasteiger partial charge in [-0.05, 0) is 57.7 Å². The molecule has 5 rings (SSSR count). The van der Waals surface area contributed by atoms with Crippen molar-refractivity contribution in [3.63, 3.8) is 0 Å². The van der Waals surface area contributed by atoms with Crippen molar-refractivity contribution in [3.8, 4) is 11.4 Å². The van der Waals surface area contributed by atoms with Gasteiger partial charge in [-0.25, -0.2) is 0 Å². The molecule has 3 aromatic rings. The lowest BCUT2D eigenvalue weighted by Crippen LogP contribution is -2.17. The lowest BCUT2D eigenvalue weighted by Gasteiger charge is -2.14. The van der Waals surface area contributed by atoms with Crippen LogP contribution < -0.4 is 0 Å². The summed E-state index contributed by atoms with van der Waals surface area (Å²) in [6.45, 7) is 5.76.